The van der Waals surface area contributed by atoms with Gasteiger partial charge in [-0.15, -0.1) is 10.2 Å². The third-order valence-electron chi connectivity index (χ3n) is 6.23. The number of imidazole rings is 1. The SMILES string of the molecule is CCCCCc1c(Cl)n(CCCCC)c(=O)n1Cc1ccc(-c2ccccc2-c2nn[nH]n2)cn1. The summed E-state index contributed by atoms with van der Waals surface area (Å²) in [4.78, 5) is 18.0. The Morgan fingerprint density at radius 1 is 0.943 bits per heavy atom. The Kier molecular flexibility index (Phi) is 8.47. The van der Waals surface area contributed by atoms with Crippen LogP contribution in [0.3, 0.4) is 0 Å². The molecule has 0 saturated heterocycles. The average Bonchev–Trinajstić information content (AvgIpc) is 3.49. The van der Waals surface area contributed by atoms with Crippen LogP contribution in [0.2, 0.25) is 5.15 Å². The minimum Gasteiger partial charge on any atom is -0.289 e. The van der Waals surface area contributed by atoms with Gasteiger partial charge in [-0.1, -0.05) is 81.5 Å². The van der Waals surface area contributed by atoms with E-state index >= 15 is 0 Å². The number of rotatable bonds is 12. The maximum absolute atomic E-state index is 13.3. The predicted molar refractivity (Wildman–Crippen MR) is 138 cm³/mol. The summed E-state index contributed by atoms with van der Waals surface area (Å²) in [5, 5.41) is 15.0. The molecular formula is C26H32ClN7O. The molecule has 0 saturated carbocycles. The van der Waals surface area contributed by atoms with E-state index in [1.807, 2.05) is 42.6 Å². The quantitative estimate of drug-likeness (QED) is 0.262. The minimum atomic E-state index is -0.0501. The Hall–Kier alpha value is -3.26. The van der Waals surface area contributed by atoms with Crippen LogP contribution >= 0.6 is 11.6 Å². The van der Waals surface area contributed by atoms with Gasteiger partial charge in [-0.05, 0) is 36.1 Å². The van der Waals surface area contributed by atoms with E-state index in [9.17, 15) is 4.79 Å². The van der Waals surface area contributed by atoms with Crippen LogP contribution in [0.4, 0.5) is 0 Å². The first-order chi connectivity index (χ1) is 17.1. The van der Waals surface area contributed by atoms with Gasteiger partial charge in [-0.2, -0.15) is 5.21 Å². The lowest BCUT2D eigenvalue weighted by molar-refractivity contribution is 0.571. The molecule has 35 heavy (non-hydrogen) atoms. The number of tetrazole rings is 1. The molecule has 0 aliphatic carbocycles. The smallest absolute Gasteiger partial charge is 0.289 e. The lowest BCUT2D eigenvalue weighted by Crippen LogP contribution is -2.26. The third kappa shape index (κ3) is 5.70. The summed E-state index contributed by atoms with van der Waals surface area (Å²) in [5.74, 6) is 0.534. The molecule has 184 valence electrons. The summed E-state index contributed by atoms with van der Waals surface area (Å²) in [7, 11) is 0. The van der Waals surface area contributed by atoms with Crippen LogP contribution in [-0.2, 0) is 19.5 Å². The van der Waals surface area contributed by atoms with E-state index in [1.54, 1.807) is 9.13 Å². The molecule has 4 aromatic rings. The molecule has 0 spiro atoms. The number of nitrogens with zero attached hydrogens (tertiary/aromatic N) is 6. The molecule has 3 heterocycles. The number of aromatic amines is 1. The van der Waals surface area contributed by atoms with E-state index < -0.39 is 0 Å². The Morgan fingerprint density at radius 3 is 2.40 bits per heavy atom. The normalized spacial score (nSPS) is 11.3. The van der Waals surface area contributed by atoms with Crippen molar-refractivity contribution >= 4 is 11.6 Å². The average molecular weight is 494 g/mol. The molecule has 4 rings (SSSR count). The molecule has 1 N–H and O–H groups in total. The van der Waals surface area contributed by atoms with Gasteiger partial charge in [0.25, 0.3) is 0 Å². The van der Waals surface area contributed by atoms with Gasteiger partial charge in [0.05, 0.1) is 17.9 Å². The zero-order valence-electron chi connectivity index (χ0n) is 20.4. The first-order valence-corrected chi connectivity index (χ1v) is 12.8. The molecule has 0 aliphatic rings. The molecule has 0 unspecified atom stereocenters. The summed E-state index contributed by atoms with van der Waals surface area (Å²) >= 11 is 6.73. The molecule has 0 aliphatic heterocycles. The summed E-state index contributed by atoms with van der Waals surface area (Å²) in [6.45, 7) is 5.38. The van der Waals surface area contributed by atoms with E-state index in [0.717, 1.165) is 73.0 Å². The van der Waals surface area contributed by atoms with Crippen LogP contribution in [0.5, 0.6) is 0 Å². The van der Waals surface area contributed by atoms with Crippen LogP contribution in [0.1, 0.15) is 63.8 Å². The zero-order valence-corrected chi connectivity index (χ0v) is 21.1. The van der Waals surface area contributed by atoms with E-state index in [-0.39, 0.29) is 5.69 Å². The lowest BCUT2D eigenvalue weighted by Gasteiger charge is -2.09. The topological polar surface area (TPSA) is 94.3 Å². The van der Waals surface area contributed by atoms with Crippen molar-refractivity contribution in [2.24, 2.45) is 0 Å². The van der Waals surface area contributed by atoms with Crippen LogP contribution in [0.15, 0.2) is 47.4 Å². The summed E-state index contributed by atoms with van der Waals surface area (Å²) < 4.78 is 3.53. The molecule has 0 bridgehead atoms. The zero-order chi connectivity index (χ0) is 24.6. The molecule has 9 heteroatoms. The van der Waals surface area contributed by atoms with Gasteiger partial charge in [-0.25, -0.2) is 4.79 Å². The highest BCUT2D eigenvalue weighted by Gasteiger charge is 2.19. The number of nitrogens with one attached hydrogen (secondary N) is 1. The highest BCUT2D eigenvalue weighted by atomic mass is 35.5. The van der Waals surface area contributed by atoms with Crippen molar-refractivity contribution < 1.29 is 0 Å². The third-order valence-corrected chi connectivity index (χ3v) is 6.66. The highest BCUT2D eigenvalue weighted by molar-refractivity contribution is 6.30. The van der Waals surface area contributed by atoms with Crippen molar-refractivity contribution in [3.63, 3.8) is 0 Å². The van der Waals surface area contributed by atoms with Crippen molar-refractivity contribution in [1.29, 1.82) is 0 Å². The number of unbranched alkanes of at least 4 members (excludes halogenated alkanes) is 4. The molecule has 0 atom stereocenters. The first-order valence-electron chi connectivity index (χ1n) is 12.4. The summed E-state index contributed by atoms with van der Waals surface area (Å²) in [6.07, 6.45) is 8.98. The van der Waals surface area contributed by atoms with Crippen LogP contribution in [0, 0.1) is 0 Å². The number of halogens is 1. The molecule has 1 aromatic carbocycles. The highest BCUT2D eigenvalue weighted by Crippen LogP contribution is 2.29. The van der Waals surface area contributed by atoms with Crippen molar-refractivity contribution in [2.45, 2.75) is 71.9 Å². The van der Waals surface area contributed by atoms with Crippen molar-refractivity contribution in [1.82, 2.24) is 34.7 Å². The maximum Gasteiger partial charge on any atom is 0.329 e. The fourth-order valence-corrected chi connectivity index (χ4v) is 4.67. The Labute approximate surface area is 210 Å². The second-order valence-corrected chi connectivity index (χ2v) is 9.10. The number of hydrogen-bond acceptors (Lipinski definition) is 5. The van der Waals surface area contributed by atoms with Crippen molar-refractivity contribution in [2.75, 3.05) is 0 Å². The van der Waals surface area contributed by atoms with Gasteiger partial charge in [0.2, 0.25) is 5.82 Å². The van der Waals surface area contributed by atoms with Crippen LogP contribution in [-0.4, -0.2) is 34.7 Å². The van der Waals surface area contributed by atoms with Gasteiger partial charge in [0, 0.05) is 23.9 Å². The van der Waals surface area contributed by atoms with Gasteiger partial charge in [-0.3, -0.25) is 14.1 Å². The number of hydrogen-bond donors (Lipinski definition) is 1. The summed E-state index contributed by atoms with van der Waals surface area (Å²) in [5.41, 5.74) is 4.46. The van der Waals surface area contributed by atoms with Crippen LogP contribution in [0.25, 0.3) is 22.5 Å². The van der Waals surface area contributed by atoms with E-state index in [2.05, 4.69) is 39.5 Å². The molecular weight excluding hydrogens is 462 g/mol. The number of H-pyrrole nitrogens is 1. The van der Waals surface area contributed by atoms with E-state index in [4.69, 9.17) is 11.6 Å². The lowest BCUT2D eigenvalue weighted by atomic mass is 10.0. The summed E-state index contributed by atoms with van der Waals surface area (Å²) in [6, 6.07) is 11.9. The second kappa shape index (κ2) is 11.9. The molecule has 8 nitrogen and oxygen atoms in total. The largest absolute Gasteiger partial charge is 0.329 e. The number of benzene rings is 1. The molecule has 0 fully saturated rings. The fourth-order valence-electron chi connectivity index (χ4n) is 4.31. The Balaban J connectivity index is 1.61. The van der Waals surface area contributed by atoms with Gasteiger partial charge in [0.1, 0.15) is 5.15 Å². The predicted octanol–water partition coefficient (Wildman–Crippen LogP) is 5.52. The van der Waals surface area contributed by atoms with E-state index in [0.29, 0.717) is 24.1 Å². The number of aromatic nitrogens is 7. The van der Waals surface area contributed by atoms with Crippen molar-refractivity contribution in [3.8, 4) is 22.5 Å². The first kappa shape index (κ1) is 24.9. The van der Waals surface area contributed by atoms with Gasteiger partial charge in [0.15, 0.2) is 0 Å². The number of pyridine rings is 1. The van der Waals surface area contributed by atoms with Crippen molar-refractivity contribution in [3.05, 3.63) is 69.6 Å². The standard InChI is InChI=1S/C26H32ClN7O/c1-3-5-7-13-23-24(27)33(16-10-6-4-2)26(35)34(23)18-20-15-14-19(17-28-20)21-11-8-9-12-22(21)25-29-31-32-30-25/h8-9,11-12,14-15,17H,3-7,10,13,16,18H2,1-2H3,(H,29,30,31,32). The van der Waals surface area contributed by atoms with Gasteiger partial charge >= 0.3 is 5.69 Å². The molecule has 0 amide bonds. The second-order valence-electron chi connectivity index (χ2n) is 8.74. The van der Waals surface area contributed by atoms with Crippen LogP contribution < -0.4 is 5.69 Å². The minimum absolute atomic E-state index is 0.0501. The maximum atomic E-state index is 13.3. The Morgan fingerprint density at radius 2 is 1.71 bits per heavy atom. The monoisotopic (exact) mass is 493 g/mol. The molecule has 3 aromatic heterocycles. The van der Waals surface area contributed by atoms with Gasteiger partial charge < -0.3 is 0 Å². The van der Waals surface area contributed by atoms with E-state index in [1.165, 1.54) is 0 Å². The fraction of sp³-hybridized carbons (Fsp3) is 0.423. The Bertz CT molecular complexity index is 1280. The molecule has 0 radical (unpaired) electrons.